The van der Waals surface area contributed by atoms with Crippen molar-refractivity contribution in [1.29, 1.82) is 0 Å². The van der Waals surface area contributed by atoms with Crippen molar-refractivity contribution in [2.24, 2.45) is 0 Å². The van der Waals surface area contributed by atoms with Crippen molar-refractivity contribution in [3.8, 4) is 0 Å². The first-order valence-electron chi connectivity index (χ1n) is 6.48. The van der Waals surface area contributed by atoms with E-state index in [4.69, 9.17) is 0 Å². The van der Waals surface area contributed by atoms with Gasteiger partial charge in [0.15, 0.2) is 0 Å². The molecule has 2 atom stereocenters. The van der Waals surface area contributed by atoms with Gasteiger partial charge in [-0.25, -0.2) is 9.97 Å². The molecule has 100 valence electrons. The number of thioether (sulfide) groups is 1. The van der Waals surface area contributed by atoms with Crippen LogP contribution in [0.15, 0.2) is 6.07 Å². The Labute approximate surface area is 114 Å². The molecule has 0 radical (unpaired) electrons. The molecule has 18 heavy (non-hydrogen) atoms. The van der Waals surface area contributed by atoms with Gasteiger partial charge in [0, 0.05) is 42.4 Å². The van der Waals surface area contributed by atoms with E-state index < -0.39 is 0 Å². The molecule has 1 aliphatic heterocycles. The lowest BCUT2D eigenvalue weighted by Crippen LogP contribution is -2.44. The van der Waals surface area contributed by atoms with Crippen molar-refractivity contribution in [2.75, 3.05) is 24.7 Å². The maximum absolute atomic E-state index is 4.54. The smallest absolute Gasteiger partial charge is 0.144 e. The van der Waals surface area contributed by atoms with Crippen LogP contribution in [0.1, 0.15) is 25.4 Å². The van der Waals surface area contributed by atoms with E-state index in [0.717, 1.165) is 30.4 Å². The largest absolute Gasteiger partial charge is 0.373 e. The number of hydrogen-bond donors (Lipinski definition) is 1. The van der Waals surface area contributed by atoms with Crippen molar-refractivity contribution in [2.45, 2.75) is 38.6 Å². The second-order valence-electron chi connectivity index (χ2n) is 4.85. The van der Waals surface area contributed by atoms with Gasteiger partial charge < -0.3 is 5.32 Å². The molecule has 0 spiro atoms. The van der Waals surface area contributed by atoms with Crippen molar-refractivity contribution in [3.05, 3.63) is 17.6 Å². The van der Waals surface area contributed by atoms with Gasteiger partial charge in [0.1, 0.15) is 11.6 Å². The van der Waals surface area contributed by atoms with Gasteiger partial charge in [-0.15, -0.1) is 0 Å². The molecule has 0 aromatic carbocycles. The highest BCUT2D eigenvalue weighted by Gasteiger charge is 2.25. The Morgan fingerprint density at radius 3 is 2.94 bits per heavy atom. The molecule has 0 bridgehead atoms. The van der Waals surface area contributed by atoms with Crippen molar-refractivity contribution >= 4 is 17.6 Å². The lowest BCUT2D eigenvalue weighted by atomic mass is 10.2. The lowest BCUT2D eigenvalue weighted by molar-refractivity contribution is 0.199. The highest BCUT2D eigenvalue weighted by Crippen LogP contribution is 2.25. The van der Waals surface area contributed by atoms with E-state index in [1.165, 1.54) is 5.75 Å². The molecule has 4 nitrogen and oxygen atoms in total. The summed E-state index contributed by atoms with van der Waals surface area (Å²) in [5.41, 5.74) is 1.02. The monoisotopic (exact) mass is 266 g/mol. The van der Waals surface area contributed by atoms with Gasteiger partial charge >= 0.3 is 0 Å². The van der Waals surface area contributed by atoms with Crippen LogP contribution in [-0.2, 0) is 6.54 Å². The summed E-state index contributed by atoms with van der Waals surface area (Å²) in [6, 6.07) is 2.56. The molecule has 1 fully saturated rings. The van der Waals surface area contributed by atoms with Crippen molar-refractivity contribution in [1.82, 2.24) is 14.9 Å². The van der Waals surface area contributed by atoms with E-state index in [2.05, 4.69) is 45.8 Å². The molecular formula is C13H22N4S. The van der Waals surface area contributed by atoms with Crippen LogP contribution in [-0.4, -0.2) is 45.5 Å². The molecule has 2 unspecified atom stereocenters. The number of nitrogens with one attached hydrogen (secondary N) is 1. The van der Waals surface area contributed by atoms with Crippen LogP contribution >= 0.6 is 11.8 Å². The minimum atomic E-state index is 0.589. The molecule has 0 aliphatic carbocycles. The molecule has 1 aromatic rings. The van der Waals surface area contributed by atoms with E-state index in [9.17, 15) is 0 Å². The van der Waals surface area contributed by atoms with Crippen molar-refractivity contribution in [3.63, 3.8) is 0 Å². The molecule has 5 heteroatoms. The van der Waals surface area contributed by atoms with E-state index >= 15 is 0 Å². The SMILES string of the molecule is CNc1cc(C)nc(CN2CCSC(C)C2C)n1. The Kier molecular flexibility index (Phi) is 4.45. The summed E-state index contributed by atoms with van der Waals surface area (Å²) < 4.78 is 0. The zero-order valence-electron chi connectivity index (χ0n) is 11.6. The maximum atomic E-state index is 4.54. The van der Waals surface area contributed by atoms with E-state index in [1.54, 1.807) is 0 Å². The molecule has 1 aliphatic rings. The van der Waals surface area contributed by atoms with Crippen LogP contribution in [0, 0.1) is 6.92 Å². The fraction of sp³-hybridized carbons (Fsp3) is 0.692. The molecule has 0 amide bonds. The first-order chi connectivity index (χ1) is 8.60. The number of aromatic nitrogens is 2. The Morgan fingerprint density at radius 1 is 1.44 bits per heavy atom. The second-order valence-corrected chi connectivity index (χ2v) is 6.33. The average molecular weight is 266 g/mol. The van der Waals surface area contributed by atoms with Crippen LogP contribution in [0.3, 0.4) is 0 Å². The molecule has 2 heterocycles. The third-order valence-electron chi connectivity index (χ3n) is 3.52. The second kappa shape index (κ2) is 5.89. The van der Waals surface area contributed by atoms with Gasteiger partial charge in [0.05, 0.1) is 6.54 Å². The molecular weight excluding hydrogens is 244 g/mol. The molecule has 0 saturated carbocycles. The van der Waals surface area contributed by atoms with E-state index in [-0.39, 0.29) is 0 Å². The van der Waals surface area contributed by atoms with Crippen molar-refractivity contribution < 1.29 is 0 Å². The average Bonchev–Trinajstić information content (AvgIpc) is 2.34. The summed E-state index contributed by atoms with van der Waals surface area (Å²) in [6.07, 6.45) is 0. The van der Waals surface area contributed by atoms with Gasteiger partial charge in [-0.1, -0.05) is 6.92 Å². The highest BCUT2D eigenvalue weighted by molar-refractivity contribution is 8.00. The summed E-state index contributed by atoms with van der Waals surface area (Å²) in [5, 5.41) is 3.78. The van der Waals surface area contributed by atoms with E-state index in [0.29, 0.717) is 11.3 Å². The van der Waals surface area contributed by atoms with Gasteiger partial charge in [-0.05, 0) is 13.8 Å². The molecule has 1 N–H and O–H groups in total. The predicted molar refractivity (Wildman–Crippen MR) is 78.1 cm³/mol. The minimum absolute atomic E-state index is 0.589. The first kappa shape index (κ1) is 13.6. The van der Waals surface area contributed by atoms with Crippen LogP contribution < -0.4 is 5.32 Å². The number of hydrogen-bond acceptors (Lipinski definition) is 5. The predicted octanol–water partition coefficient (Wildman–Crippen LogP) is 2.15. The Morgan fingerprint density at radius 2 is 2.22 bits per heavy atom. The Balaban J connectivity index is 2.10. The fourth-order valence-electron chi connectivity index (χ4n) is 2.23. The molecule has 1 aromatic heterocycles. The number of aryl methyl sites for hydroxylation is 1. The summed E-state index contributed by atoms with van der Waals surface area (Å²) in [4.78, 5) is 11.6. The lowest BCUT2D eigenvalue weighted by Gasteiger charge is -2.37. The van der Waals surface area contributed by atoms with Crippen LogP contribution in [0.2, 0.25) is 0 Å². The Hall–Kier alpha value is -0.810. The molecule has 1 saturated heterocycles. The number of anilines is 1. The summed E-state index contributed by atoms with van der Waals surface area (Å²) >= 11 is 2.06. The molecule has 2 rings (SSSR count). The van der Waals surface area contributed by atoms with Gasteiger partial charge in [-0.3, -0.25) is 4.90 Å². The first-order valence-corrected chi connectivity index (χ1v) is 7.53. The topological polar surface area (TPSA) is 41.1 Å². The summed E-state index contributed by atoms with van der Waals surface area (Å²) in [6.45, 7) is 8.60. The standard InChI is InChI=1S/C13H22N4S/c1-9-7-12(14-4)16-13(15-9)8-17-5-6-18-11(3)10(17)2/h7,10-11H,5-6,8H2,1-4H3,(H,14,15,16). The van der Waals surface area contributed by atoms with Gasteiger partial charge in [0.2, 0.25) is 0 Å². The Bertz CT molecular complexity index is 410. The minimum Gasteiger partial charge on any atom is -0.373 e. The van der Waals surface area contributed by atoms with E-state index in [1.807, 2.05) is 20.0 Å². The number of nitrogens with zero attached hydrogens (tertiary/aromatic N) is 3. The maximum Gasteiger partial charge on any atom is 0.144 e. The third kappa shape index (κ3) is 3.14. The summed E-state index contributed by atoms with van der Waals surface area (Å²) in [7, 11) is 1.90. The fourth-order valence-corrected chi connectivity index (χ4v) is 3.39. The zero-order valence-corrected chi connectivity index (χ0v) is 12.4. The van der Waals surface area contributed by atoms with Crippen LogP contribution in [0.5, 0.6) is 0 Å². The normalized spacial score (nSPS) is 25.1. The quantitative estimate of drug-likeness (QED) is 0.908. The highest BCUT2D eigenvalue weighted by atomic mass is 32.2. The van der Waals surface area contributed by atoms with Crippen LogP contribution in [0.4, 0.5) is 5.82 Å². The van der Waals surface area contributed by atoms with Gasteiger partial charge in [0.25, 0.3) is 0 Å². The number of rotatable bonds is 3. The van der Waals surface area contributed by atoms with Crippen LogP contribution in [0.25, 0.3) is 0 Å². The third-order valence-corrected chi connectivity index (χ3v) is 4.85. The van der Waals surface area contributed by atoms with Gasteiger partial charge in [-0.2, -0.15) is 11.8 Å². The zero-order chi connectivity index (χ0) is 13.1. The summed E-state index contributed by atoms with van der Waals surface area (Å²) in [5.74, 6) is 3.03.